The maximum absolute atomic E-state index is 12.9. The van der Waals surface area contributed by atoms with Crippen molar-refractivity contribution in [3.63, 3.8) is 0 Å². The number of rotatable bonds is 6. The number of fused-ring (bicyclic) bond motifs is 1. The molecule has 26 heavy (non-hydrogen) atoms. The lowest BCUT2D eigenvalue weighted by Crippen LogP contribution is -2.32. The summed E-state index contributed by atoms with van der Waals surface area (Å²) in [7, 11) is 0. The highest BCUT2D eigenvalue weighted by Crippen LogP contribution is 2.27. The standard InChI is InChI=1S/C22H22N2O2/c1-16-11-17(2)22-19(15-26-20(22)12-16)13-21(25)24(10-6-9-23)14-18-7-4-3-5-8-18/h3-5,7-8,11-12,15H,6,10,13-14H2,1-2H3. The fraction of sp³-hybridized carbons (Fsp3) is 0.273. The van der Waals surface area contributed by atoms with E-state index in [4.69, 9.17) is 9.68 Å². The molecule has 0 spiro atoms. The molecule has 3 rings (SSSR count). The lowest BCUT2D eigenvalue weighted by molar-refractivity contribution is -0.131. The van der Waals surface area contributed by atoms with E-state index in [1.165, 1.54) is 0 Å². The van der Waals surface area contributed by atoms with Crippen molar-refractivity contribution in [3.05, 3.63) is 71.0 Å². The van der Waals surface area contributed by atoms with E-state index in [0.29, 0.717) is 19.5 Å². The maximum Gasteiger partial charge on any atom is 0.227 e. The van der Waals surface area contributed by atoms with Gasteiger partial charge in [-0.2, -0.15) is 5.26 Å². The van der Waals surface area contributed by atoms with Crippen LogP contribution in [0.1, 0.15) is 28.7 Å². The van der Waals surface area contributed by atoms with Gasteiger partial charge in [-0.25, -0.2) is 0 Å². The van der Waals surface area contributed by atoms with Crippen LogP contribution in [0.3, 0.4) is 0 Å². The number of hydrogen-bond donors (Lipinski definition) is 0. The van der Waals surface area contributed by atoms with Gasteiger partial charge < -0.3 is 9.32 Å². The van der Waals surface area contributed by atoms with Gasteiger partial charge in [0.2, 0.25) is 5.91 Å². The largest absolute Gasteiger partial charge is 0.464 e. The minimum absolute atomic E-state index is 0.00628. The molecule has 3 aromatic rings. The molecule has 0 aliphatic carbocycles. The molecule has 0 saturated carbocycles. The van der Waals surface area contributed by atoms with Crippen LogP contribution in [-0.2, 0) is 17.8 Å². The van der Waals surface area contributed by atoms with Gasteiger partial charge in [0, 0.05) is 24.0 Å². The molecular weight excluding hydrogens is 324 g/mol. The van der Waals surface area contributed by atoms with Gasteiger partial charge in [-0.1, -0.05) is 36.4 Å². The Balaban J connectivity index is 1.82. The Morgan fingerprint density at radius 3 is 2.69 bits per heavy atom. The smallest absolute Gasteiger partial charge is 0.227 e. The zero-order chi connectivity index (χ0) is 18.5. The molecule has 0 saturated heterocycles. The van der Waals surface area contributed by atoms with Crippen molar-refractivity contribution in [2.75, 3.05) is 6.54 Å². The van der Waals surface area contributed by atoms with E-state index in [0.717, 1.165) is 33.2 Å². The first kappa shape index (κ1) is 17.8. The lowest BCUT2D eigenvalue weighted by Gasteiger charge is -2.21. The van der Waals surface area contributed by atoms with Gasteiger partial charge in [0.1, 0.15) is 5.58 Å². The van der Waals surface area contributed by atoms with Crippen LogP contribution in [0, 0.1) is 25.2 Å². The molecule has 1 heterocycles. The van der Waals surface area contributed by atoms with Crippen molar-refractivity contribution in [2.45, 2.75) is 33.2 Å². The Morgan fingerprint density at radius 2 is 1.96 bits per heavy atom. The van der Waals surface area contributed by atoms with E-state index < -0.39 is 0 Å². The zero-order valence-electron chi connectivity index (χ0n) is 15.2. The number of carbonyl (C=O) groups is 1. The fourth-order valence-corrected chi connectivity index (χ4v) is 3.31. The average Bonchev–Trinajstić information content (AvgIpc) is 3.02. The molecule has 2 aromatic carbocycles. The number of aryl methyl sites for hydroxylation is 2. The minimum atomic E-state index is 0.00628. The van der Waals surface area contributed by atoms with E-state index in [2.05, 4.69) is 12.1 Å². The van der Waals surface area contributed by atoms with Crippen LogP contribution in [0.4, 0.5) is 0 Å². The summed E-state index contributed by atoms with van der Waals surface area (Å²) in [5.41, 5.74) is 5.03. The number of benzene rings is 2. The zero-order valence-corrected chi connectivity index (χ0v) is 15.2. The molecule has 132 valence electrons. The number of nitrogens with zero attached hydrogens (tertiary/aromatic N) is 2. The second kappa shape index (κ2) is 7.88. The van der Waals surface area contributed by atoms with Gasteiger partial charge in [0.15, 0.2) is 0 Å². The van der Waals surface area contributed by atoms with Gasteiger partial charge in [0.05, 0.1) is 25.2 Å². The van der Waals surface area contributed by atoms with Crippen LogP contribution in [0.25, 0.3) is 11.0 Å². The van der Waals surface area contributed by atoms with E-state index >= 15 is 0 Å². The third kappa shape index (κ3) is 3.94. The Labute approximate surface area is 153 Å². The average molecular weight is 346 g/mol. The fourth-order valence-electron chi connectivity index (χ4n) is 3.31. The summed E-state index contributed by atoms with van der Waals surface area (Å²) in [5.74, 6) is 0.00628. The van der Waals surface area contributed by atoms with Crippen LogP contribution < -0.4 is 0 Å². The van der Waals surface area contributed by atoms with E-state index in [-0.39, 0.29) is 12.3 Å². The summed E-state index contributed by atoms with van der Waals surface area (Å²) in [6, 6.07) is 16.1. The predicted molar refractivity (Wildman–Crippen MR) is 101 cm³/mol. The molecule has 0 aliphatic rings. The molecule has 0 atom stereocenters. The predicted octanol–water partition coefficient (Wildman–Crippen LogP) is 4.53. The quantitative estimate of drug-likeness (QED) is 0.658. The summed E-state index contributed by atoms with van der Waals surface area (Å²) in [6.07, 6.45) is 2.28. The van der Waals surface area contributed by atoms with Crippen LogP contribution in [-0.4, -0.2) is 17.4 Å². The van der Waals surface area contributed by atoms with Crippen molar-refractivity contribution < 1.29 is 9.21 Å². The van der Waals surface area contributed by atoms with Gasteiger partial charge in [0.25, 0.3) is 0 Å². The van der Waals surface area contributed by atoms with Gasteiger partial charge >= 0.3 is 0 Å². The van der Waals surface area contributed by atoms with Crippen molar-refractivity contribution in [1.29, 1.82) is 5.26 Å². The molecular formula is C22H22N2O2. The first-order valence-electron chi connectivity index (χ1n) is 8.74. The number of nitriles is 1. The van der Waals surface area contributed by atoms with Crippen molar-refractivity contribution in [3.8, 4) is 6.07 Å². The molecule has 0 radical (unpaired) electrons. The highest BCUT2D eigenvalue weighted by atomic mass is 16.3. The summed E-state index contributed by atoms with van der Waals surface area (Å²) in [5, 5.41) is 9.94. The molecule has 0 aliphatic heterocycles. The maximum atomic E-state index is 12.9. The molecule has 0 bridgehead atoms. The molecule has 0 N–H and O–H groups in total. The monoisotopic (exact) mass is 346 g/mol. The second-order valence-corrected chi connectivity index (χ2v) is 6.60. The van der Waals surface area contributed by atoms with Gasteiger partial charge in [-0.3, -0.25) is 4.79 Å². The van der Waals surface area contributed by atoms with Crippen molar-refractivity contribution >= 4 is 16.9 Å². The molecule has 1 aromatic heterocycles. The number of furan rings is 1. The number of hydrogen-bond acceptors (Lipinski definition) is 3. The summed E-state index contributed by atoms with van der Waals surface area (Å²) >= 11 is 0. The second-order valence-electron chi connectivity index (χ2n) is 6.60. The Kier molecular flexibility index (Phi) is 5.38. The number of amides is 1. The van der Waals surface area contributed by atoms with Crippen molar-refractivity contribution in [2.24, 2.45) is 0 Å². The number of carbonyl (C=O) groups excluding carboxylic acids is 1. The first-order chi connectivity index (χ1) is 12.6. The lowest BCUT2D eigenvalue weighted by atomic mass is 10.0. The van der Waals surface area contributed by atoms with Gasteiger partial charge in [-0.05, 0) is 36.6 Å². The molecule has 1 amide bonds. The van der Waals surface area contributed by atoms with Crippen LogP contribution in [0.2, 0.25) is 0 Å². The van der Waals surface area contributed by atoms with Crippen LogP contribution in [0.5, 0.6) is 0 Å². The van der Waals surface area contributed by atoms with Crippen LogP contribution in [0.15, 0.2) is 53.1 Å². The summed E-state index contributed by atoms with van der Waals surface area (Å²) in [4.78, 5) is 14.7. The van der Waals surface area contributed by atoms with E-state index in [1.54, 1.807) is 11.2 Å². The van der Waals surface area contributed by atoms with Crippen LogP contribution >= 0.6 is 0 Å². The summed E-state index contributed by atoms with van der Waals surface area (Å²) < 4.78 is 5.67. The third-order valence-corrected chi connectivity index (χ3v) is 4.50. The highest BCUT2D eigenvalue weighted by molar-refractivity contribution is 5.90. The van der Waals surface area contributed by atoms with E-state index in [1.807, 2.05) is 50.2 Å². The normalized spacial score (nSPS) is 10.7. The highest BCUT2D eigenvalue weighted by Gasteiger charge is 2.18. The first-order valence-corrected chi connectivity index (χ1v) is 8.74. The molecule has 0 unspecified atom stereocenters. The SMILES string of the molecule is Cc1cc(C)c2c(CC(=O)N(CCC#N)Cc3ccccc3)coc2c1. The summed E-state index contributed by atoms with van der Waals surface area (Å²) in [6.45, 7) is 5.01. The molecule has 4 nitrogen and oxygen atoms in total. The molecule has 0 fully saturated rings. The Morgan fingerprint density at radius 1 is 1.19 bits per heavy atom. The topological polar surface area (TPSA) is 57.2 Å². The minimum Gasteiger partial charge on any atom is -0.464 e. The third-order valence-electron chi connectivity index (χ3n) is 4.50. The Bertz CT molecular complexity index is 951. The Hall–Kier alpha value is -3.06. The molecule has 4 heteroatoms. The van der Waals surface area contributed by atoms with E-state index in [9.17, 15) is 4.79 Å². The van der Waals surface area contributed by atoms with Crippen molar-refractivity contribution in [1.82, 2.24) is 4.90 Å². The van der Waals surface area contributed by atoms with Gasteiger partial charge in [-0.15, -0.1) is 0 Å².